The van der Waals surface area contributed by atoms with Gasteiger partial charge in [0.15, 0.2) is 0 Å². The van der Waals surface area contributed by atoms with E-state index in [0.717, 1.165) is 5.56 Å². The number of alkyl halides is 1. The molecule has 1 unspecified atom stereocenters. The van der Waals surface area contributed by atoms with E-state index in [9.17, 15) is 14.4 Å². The molecule has 2 N–H and O–H groups in total. The summed E-state index contributed by atoms with van der Waals surface area (Å²) in [4.78, 5) is 0.0999. The minimum Gasteiger partial charge on any atom is -0.391 e. The highest BCUT2D eigenvalue weighted by Gasteiger charge is 2.27. The van der Waals surface area contributed by atoms with Crippen LogP contribution in [0.4, 0.5) is 0 Å². The molecule has 0 heterocycles. The summed E-state index contributed by atoms with van der Waals surface area (Å²) in [6, 6.07) is 16.5. The smallest absolute Gasteiger partial charge is 0.0940 e. The zero-order valence-electron chi connectivity index (χ0n) is 12.2. The molecule has 22 heavy (non-hydrogen) atoms. The first-order valence-electron chi connectivity index (χ1n) is 6.99. The maximum atomic E-state index is 12.3. The Hall–Kier alpha value is -1.01. The summed E-state index contributed by atoms with van der Waals surface area (Å²) in [6.07, 6.45) is -1.77. The second-order valence-corrected chi connectivity index (χ2v) is 7.75. The molecule has 5 heteroatoms. The monoisotopic (exact) mass is 382 g/mol. The van der Waals surface area contributed by atoms with E-state index in [2.05, 4.69) is 15.9 Å². The van der Waals surface area contributed by atoms with Crippen LogP contribution in [0.2, 0.25) is 0 Å². The molecule has 2 aromatic rings. The summed E-state index contributed by atoms with van der Waals surface area (Å²) < 4.78 is 12.3. The van der Waals surface area contributed by atoms with Crippen LogP contribution in [0.15, 0.2) is 59.5 Å². The van der Waals surface area contributed by atoms with Gasteiger partial charge in [0.1, 0.15) is 0 Å². The van der Waals surface area contributed by atoms with Crippen LogP contribution >= 0.6 is 15.9 Å². The van der Waals surface area contributed by atoms with E-state index in [4.69, 9.17) is 0 Å². The lowest BCUT2D eigenvalue weighted by atomic mass is 10.0. The van der Waals surface area contributed by atoms with Gasteiger partial charge in [0.05, 0.1) is 33.6 Å². The van der Waals surface area contributed by atoms with Crippen LogP contribution in [0.25, 0.3) is 0 Å². The zero-order valence-corrected chi connectivity index (χ0v) is 14.6. The SMILES string of the molecule is Cc1ccc(S(=O)C[C@@H](O)[C@@H](Br)[C@H](O)c2ccccc2)cc1. The molecule has 118 valence electrons. The van der Waals surface area contributed by atoms with Crippen molar-refractivity contribution in [1.82, 2.24) is 0 Å². The molecule has 0 radical (unpaired) electrons. The van der Waals surface area contributed by atoms with Gasteiger partial charge in [0.2, 0.25) is 0 Å². The number of aliphatic hydroxyl groups is 2. The van der Waals surface area contributed by atoms with E-state index in [0.29, 0.717) is 10.5 Å². The summed E-state index contributed by atoms with van der Waals surface area (Å²) in [7, 11) is -1.31. The first kappa shape index (κ1) is 17.3. The van der Waals surface area contributed by atoms with Gasteiger partial charge in [-0.05, 0) is 24.6 Å². The number of hydrogen-bond acceptors (Lipinski definition) is 3. The molecule has 0 amide bonds. The molecule has 0 saturated heterocycles. The normalized spacial score (nSPS) is 16.7. The summed E-state index contributed by atoms with van der Waals surface area (Å²) in [5.41, 5.74) is 1.81. The molecule has 0 spiro atoms. The number of halogens is 1. The second kappa shape index (κ2) is 8.02. The highest BCUT2D eigenvalue weighted by molar-refractivity contribution is 9.09. The van der Waals surface area contributed by atoms with Crippen LogP contribution in [0.5, 0.6) is 0 Å². The average Bonchev–Trinajstić information content (AvgIpc) is 2.54. The number of benzene rings is 2. The van der Waals surface area contributed by atoms with Gasteiger partial charge >= 0.3 is 0 Å². The predicted molar refractivity (Wildman–Crippen MR) is 92.6 cm³/mol. The third-order valence-corrected chi connectivity index (χ3v) is 5.97. The van der Waals surface area contributed by atoms with Crippen LogP contribution in [-0.2, 0) is 10.8 Å². The average molecular weight is 383 g/mol. The van der Waals surface area contributed by atoms with Crippen molar-refractivity contribution in [2.45, 2.75) is 28.9 Å². The minimum atomic E-state index is -1.31. The molecule has 0 aliphatic heterocycles. The summed E-state index contributed by atoms with van der Waals surface area (Å²) in [6.45, 7) is 1.96. The van der Waals surface area contributed by atoms with Crippen LogP contribution in [0.3, 0.4) is 0 Å². The molecular formula is C17H19BrO3S. The van der Waals surface area contributed by atoms with E-state index in [1.807, 2.05) is 37.3 Å². The molecule has 3 nitrogen and oxygen atoms in total. The molecule has 0 saturated carbocycles. The zero-order chi connectivity index (χ0) is 16.1. The van der Waals surface area contributed by atoms with Crippen molar-refractivity contribution in [1.29, 1.82) is 0 Å². The first-order valence-corrected chi connectivity index (χ1v) is 9.22. The van der Waals surface area contributed by atoms with Gasteiger partial charge in [-0.3, -0.25) is 4.21 Å². The Morgan fingerprint density at radius 3 is 2.23 bits per heavy atom. The van der Waals surface area contributed by atoms with Crippen molar-refractivity contribution in [3.8, 4) is 0 Å². The van der Waals surface area contributed by atoms with Gasteiger partial charge in [-0.2, -0.15) is 0 Å². The van der Waals surface area contributed by atoms with Gasteiger partial charge in [-0.1, -0.05) is 64.0 Å². The molecule has 0 aromatic heterocycles. The molecule has 0 bridgehead atoms. The van der Waals surface area contributed by atoms with E-state index in [1.165, 1.54) is 0 Å². The fourth-order valence-corrected chi connectivity index (χ4v) is 3.97. The fraction of sp³-hybridized carbons (Fsp3) is 0.294. The van der Waals surface area contributed by atoms with Gasteiger partial charge in [0.25, 0.3) is 0 Å². The van der Waals surface area contributed by atoms with Gasteiger partial charge in [0, 0.05) is 4.90 Å². The second-order valence-electron chi connectivity index (χ2n) is 5.19. The number of hydrogen-bond donors (Lipinski definition) is 2. The Morgan fingerprint density at radius 2 is 1.64 bits per heavy atom. The molecule has 2 rings (SSSR count). The molecular weight excluding hydrogens is 364 g/mol. The maximum absolute atomic E-state index is 12.3. The Morgan fingerprint density at radius 1 is 1.05 bits per heavy atom. The molecule has 0 aliphatic rings. The topological polar surface area (TPSA) is 57.5 Å². The lowest BCUT2D eigenvalue weighted by Gasteiger charge is -2.22. The number of aryl methyl sites for hydroxylation is 1. The standard InChI is InChI=1S/C17H19BrO3S/c1-12-7-9-14(10-8-12)22(21)11-15(19)16(18)17(20)13-5-3-2-4-6-13/h2-10,15-17,19-20H,11H2,1H3/t15-,16-,17-,22?/m1/s1. The van der Waals surface area contributed by atoms with Crippen molar-refractivity contribution < 1.29 is 14.4 Å². The highest BCUT2D eigenvalue weighted by Crippen LogP contribution is 2.26. The quantitative estimate of drug-likeness (QED) is 0.755. The number of rotatable bonds is 6. The third-order valence-electron chi connectivity index (χ3n) is 3.42. The van der Waals surface area contributed by atoms with E-state index in [1.54, 1.807) is 24.3 Å². The lowest BCUT2D eigenvalue weighted by molar-refractivity contribution is 0.104. The van der Waals surface area contributed by atoms with Gasteiger partial charge in [-0.25, -0.2) is 0 Å². The summed E-state index contributed by atoms with van der Waals surface area (Å²) in [5, 5.41) is 20.5. The Balaban J connectivity index is 2.00. The largest absolute Gasteiger partial charge is 0.391 e. The van der Waals surface area contributed by atoms with E-state index < -0.39 is 27.8 Å². The van der Waals surface area contributed by atoms with Crippen LogP contribution in [0.1, 0.15) is 17.2 Å². The number of aliphatic hydroxyl groups excluding tert-OH is 2. The maximum Gasteiger partial charge on any atom is 0.0940 e. The predicted octanol–water partition coefficient (Wildman–Crippen LogP) is 2.96. The van der Waals surface area contributed by atoms with E-state index >= 15 is 0 Å². The van der Waals surface area contributed by atoms with Crippen LogP contribution < -0.4 is 0 Å². The van der Waals surface area contributed by atoms with Crippen molar-refractivity contribution in [2.75, 3.05) is 5.75 Å². The van der Waals surface area contributed by atoms with E-state index in [-0.39, 0.29) is 5.75 Å². The van der Waals surface area contributed by atoms with Crippen LogP contribution in [-0.4, -0.2) is 31.1 Å². The fourth-order valence-electron chi connectivity index (χ4n) is 2.08. The molecule has 2 aromatic carbocycles. The molecule has 0 fully saturated rings. The third kappa shape index (κ3) is 4.49. The minimum absolute atomic E-state index is 0.0723. The van der Waals surface area contributed by atoms with Crippen molar-refractivity contribution >= 4 is 26.7 Å². The Labute approximate surface area is 141 Å². The van der Waals surface area contributed by atoms with Gasteiger partial charge < -0.3 is 10.2 Å². The van der Waals surface area contributed by atoms with Crippen molar-refractivity contribution in [3.05, 3.63) is 65.7 Å². The lowest BCUT2D eigenvalue weighted by Crippen LogP contribution is -2.31. The van der Waals surface area contributed by atoms with Crippen molar-refractivity contribution in [3.63, 3.8) is 0 Å². The molecule has 4 atom stereocenters. The van der Waals surface area contributed by atoms with Gasteiger partial charge in [-0.15, -0.1) is 0 Å². The Bertz CT molecular complexity index is 616. The molecule has 0 aliphatic carbocycles. The van der Waals surface area contributed by atoms with Crippen LogP contribution in [0, 0.1) is 6.92 Å². The Kier molecular flexibility index (Phi) is 6.32. The summed E-state index contributed by atoms with van der Waals surface area (Å²) >= 11 is 3.32. The highest BCUT2D eigenvalue weighted by atomic mass is 79.9. The van der Waals surface area contributed by atoms with Crippen molar-refractivity contribution in [2.24, 2.45) is 0 Å². The summed E-state index contributed by atoms with van der Waals surface area (Å²) in [5.74, 6) is 0.0723. The first-order chi connectivity index (χ1) is 10.5.